The van der Waals surface area contributed by atoms with Gasteiger partial charge in [-0.3, -0.25) is 0 Å². The molecule has 0 amide bonds. The van der Waals surface area contributed by atoms with E-state index in [9.17, 15) is 0 Å². The molecule has 0 saturated heterocycles. The van der Waals surface area contributed by atoms with Gasteiger partial charge in [-0.15, -0.1) is 0 Å². The van der Waals surface area contributed by atoms with Crippen LogP contribution in [0.25, 0.3) is 0 Å². The molecule has 2 nitrogen and oxygen atoms in total. The summed E-state index contributed by atoms with van der Waals surface area (Å²) in [4.78, 5) is 3.71. The summed E-state index contributed by atoms with van der Waals surface area (Å²) in [6.07, 6.45) is 18.6. The summed E-state index contributed by atoms with van der Waals surface area (Å²) in [5, 5.41) is 0. The standard InChI is InChI=1S/C32H46N2/c1-4-6-8-9-10-11-18-25-34-26-24-33-31(34)30(23-7-5-2)32(3,29-21-16-13-17-22-29)27-28-19-14-12-15-20-28/h12-17,19-22,24,26,30H,4-11,18,23,25,27H2,1-3H3/p+1. The Kier molecular flexibility index (Phi) is 10.9. The number of H-pyrrole nitrogens is 1. The van der Waals surface area contributed by atoms with Crippen LogP contribution in [0.5, 0.6) is 0 Å². The number of benzene rings is 2. The molecule has 3 rings (SSSR count). The van der Waals surface area contributed by atoms with E-state index in [1.54, 1.807) is 0 Å². The molecule has 0 bridgehead atoms. The first-order valence-electron chi connectivity index (χ1n) is 13.8. The molecule has 1 heterocycles. The molecule has 2 unspecified atom stereocenters. The molecule has 0 aliphatic heterocycles. The molecular weight excluding hydrogens is 412 g/mol. The number of imidazole rings is 1. The van der Waals surface area contributed by atoms with E-state index in [-0.39, 0.29) is 5.41 Å². The monoisotopic (exact) mass is 459 g/mol. The Labute approximate surface area is 208 Å². The zero-order valence-electron chi connectivity index (χ0n) is 21.9. The lowest BCUT2D eigenvalue weighted by atomic mass is 9.66. The maximum absolute atomic E-state index is 3.71. The average molecular weight is 460 g/mol. The summed E-state index contributed by atoms with van der Waals surface area (Å²) in [7, 11) is 0. The zero-order chi connectivity index (χ0) is 24.1. The lowest BCUT2D eigenvalue weighted by molar-refractivity contribution is -0.705. The van der Waals surface area contributed by atoms with Crippen LogP contribution in [0.15, 0.2) is 73.1 Å². The van der Waals surface area contributed by atoms with Crippen LogP contribution < -0.4 is 4.57 Å². The fourth-order valence-corrected chi connectivity index (χ4v) is 5.54. The molecule has 0 spiro atoms. The number of aromatic nitrogens is 2. The number of aryl methyl sites for hydroxylation is 1. The first kappa shape index (κ1) is 26.3. The first-order valence-corrected chi connectivity index (χ1v) is 13.8. The molecule has 34 heavy (non-hydrogen) atoms. The Bertz CT molecular complexity index is 914. The molecule has 0 fully saturated rings. The summed E-state index contributed by atoms with van der Waals surface area (Å²) < 4.78 is 2.53. The second-order valence-electron chi connectivity index (χ2n) is 10.3. The van der Waals surface area contributed by atoms with Crippen molar-refractivity contribution in [3.63, 3.8) is 0 Å². The molecule has 1 N–H and O–H groups in total. The zero-order valence-corrected chi connectivity index (χ0v) is 21.9. The summed E-state index contributed by atoms with van der Waals surface area (Å²) in [5.41, 5.74) is 2.88. The highest BCUT2D eigenvalue weighted by atomic mass is 15.1. The highest BCUT2D eigenvalue weighted by Crippen LogP contribution is 2.43. The van der Waals surface area contributed by atoms with E-state index in [1.165, 1.54) is 81.2 Å². The van der Waals surface area contributed by atoms with Gasteiger partial charge < -0.3 is 0 Å². The van der Waals surface area contributed by atoms with Crippen molar-refractivity contribution in [3.8, 4) is 0 Å². The molecule has 3 aromatic rings. The van der Waals surface area contributed by atoms with Gasteiger partial charge in [-0.25, -0.2) is 9.55 Å². The van der Waals surface area contributed by atoms with Crippen LogP contribution in [0, 0.1) is 0 Å². The van der Waals surface area contributed by atoms with Crippen molar-refractivity contribution in [2.75, 3.05) is 0 Å². The van der Waals surface area contributed by atoms with E-state index >= 15 is 0 Å². The van der Waals surface area contributed by atoms with Gasteiger partial charge >= 0.3 is 0 Å². The molecule has 184 valence electrons. The van der Waals surface area contributed by atoms with Crippen molar-refractivity contribution >= 4 is 0 Å². The van der Waals surface area contributed by atoms with Crippen LogP contribution in [0.1, 0.15) is 108 Å². The minimum Gasteiger partial charge on any atom is -0.247 e. The predicted octanol–water partition coefficient (Wildman–Crippen LogP) is 8.53. The summed E-state index contributed by atoms with van der Waals surface area (Å²) >= 11 is 0. The lowest BCUT2D eigenvalue weighted by Gasteiger charge is -2.37. The Morgan fingerprint density at radius 2 is 1.38 bits per heavy atom. The van der Waals surface area contributed by atoms with Crippen LogP contribution in [0.2, 0.25) is 0 Å². The van der Waals surface area contributed by atoms with Crippen molar-refractivity contribution < 1.29 is 4.57 Å². The van der Waals surface area contributed by atoms with Gasteiger partial charge in [0.25, 0.3) is 5.82 Å². The number of nitrogens with zero attached hydrogens (tertiary/aromatic N) is 1. The Balaban J connectivity index is 1.84. The summed E-state index contributed by atoms with van der Waals surface area (Å²) in [6, 6.07) is 22.3. The average Bonchev–Trinajstić information content (AvgIpc) is 3.33. The van der Waals surface area contributed by atoms with Gasteiger partial charge in [-0.2, -0.15) is 0 Å². The van der Waals surface area contributed by atoms with Gasteiger partial charge in [0.05, 0.1) is 12.5 Å². The Hall–Kier alpha value is -2.35. The van der Waals surface area contributed by atoms with Gasteiger partial charge in [0.1, 0.15) is 12.4 Å². The Morgan fingerprint density at radius 1 is 0.765 bits per heavy atom. The molecule has 0 aliphatic rings. The molecule has 0 radical (unpaired) electrons. The minimum atomic E-state index is 0.0184. The van der Waals surface area contributed by atoms with Crippen LogP contribution in [0.3, 0.4) is 0 Å². The van der Waals surface area contributed by atoms with Crippen molar-refractivity contribution in [2.45, 2.75) is 109 Å². The first-order chi connectivity index (χ1) is 16.7. The largest absolute Gasteiger partial charge is 0.258 e. The highest BCUT2D eigenvalue weighted by Gasteiger charge is 2.41. The normalized spacial score (nSPS) is 14.1. The number of rotatable bonds is 16. The molecule has 2 aromatic carbocycles. The smallest absolute Gasteiger partial charge is 0.247 e. The lowest BCUT2D eigenvalue weighted by Crippen LogP contribution is -2.43. The summed E-state index contributed by atoms with van der Waals surface area (Å²) in [6.45, 7) is 8.22. The summed E-state index contributed by atoms with van der Waals surface area (Å²) in [5.74, 6) is 1.84. The number of hydrogen-bond acceptors (Lipinski definition) is 0. The second kappa shape index (κ2) is 14.1. The fraction of sp³-hybridized carbons (Fsp3) is 0.531. The second-order valence-corrected chi connectivity index (χ2v) is 10.3. The van der Waals surface area contributed by atoms with Crippen LogP contribution in [-0.2, 0) is 18.4 Å². The number of unbranched alkanes of at least 4 members (excludes halogenated alkanes) is 7. The van der Waals surface area contributed by atoms with Crippen molar-refractivity contribution in [1.82, 2.24) is 4.98 Å². The molecular formula is C32H47N2+. The van der Waals surface area contributed by atoms with Crippen molar-refractivity contribution in [3.05, 3.63) is 90.0 Å². The van der Waals surface area contributed by atoms with Gasteiger partial charge in [-0.05, 0) is 36.8 Å². The molecule has 2 heteroatoms. The predicted molar refractivity (Wildman–Crippen MR) is 145 cm³/mol. The fourth-order valence-electron chi connectivity index (χ4n) is 5.54. The molecule has 0 aliphatic carbocycles. The van der Waals surface area contributed by atoms with E-state index in [1.807, 2.05) is 0 Å². The van der Waals surface area contributed by atoms with Crippen LogP contribution in [-0.4, -0.2) is 4.98 Å². The third-order valence-electron chi connectivity index (χ3n) is 7.59. The van der Waals surface area contributed by atoms with E-state index in [4.69, 9.17) is 0 Å². The van der Waals surface area contributed by atoms with Gasteiger partial charge in [-0.1, -0.05) is 126 Å². The van der Waals surface area contributed by atoms with Crippen LogP contribution in [0.4, 0.5) is 0 Å². The number of hydrogen-bond donors (Lipinski definition) is 1. The highest BCUT2D eigenvalue weighted by molar-refractivity contribution is 5.32. The SMILES string of the molecule is CCCCCCCCC[n+]1cc[nH]c1C(CCCC)C(C)(Cc1ccccc1)c1ccccc1. The molecule has 2 atom stereocenters. The van der Waals surface area contributed by atoms with E-state index in [0.29, 0.717) is 5.92 Å². The maximum atomic E-state index is 3.71. The number of aromatic amines is 1. The Morgan fingerprint density at radius 3 is 2.06 bits per heavy atom. The van der Waals surface area contributed by atoms with Crippen molar-refractivity contribution in [2.24, 2.45) is 0 Å². The van der Waals surface area contributed by atoms with Gasteiger partial charge in [0, 0.05) is 5.41 Å². The van der Waals surface area contributed by atoms with Crippen LogP contribution >= 0.6 is 0 Å². The topological polar surface area (TPSA) is 19.7 Å². The third-order valence-corrected chi connectivity index (χ3v) is 7.59. The van der Waals surface area contributed by atoms with Gasteiger partial charge in [0.2, 0.25) is 0 Å². The minimum absolute atomic E-state index is 0.0184. The van der Waals surface area contributed by atoms with Crippen molar-refractivity contribution in [1.29, 1.82) is 0 Å². The molecule has 1 aromatic heterocycles. The number of nitrogens with one attached hydrogen (secondary N) is 1. The van der Waals surface area contributed by atoms with E-state index in [2.05, 4.69) is 103 Å². The maximum Gasteiger partial charge on any atom is 0.258 e. The van der Waals surface area contributed by atoms with E-state index < -0.39 is 0 Å². The third kappa shape index (κ3) is 7.32. The quantitative estimate of drug-likeness (QED) is 0.164. The van der Waals surface area contributed by atoms with Gasteiger partial charge in [0.15, 0.2) is 0 Å². The van der Waals surface area contributed by atoms with E-state index in [0.717, 1.165) is 13.0 Å². The molecule has 0 saturated carbocycles.